The highest BCUT2D eigenvalue weighted by molar-refractivity contribution is 4.80. The van der Waals surface area contributed by atoms with Crippen LogP contribution in [0.2, 0.25) is 0 Å². The third kappa shape index (κ3) is 3.91. The monoisotopic (exact) mass is 241 g/mol. The summed E-state index contributed by atoms with van der Waals surface area (Å²) >= 11 is 0. The van der Waals surface area contributed by atoms with Gasteiger partial charge in [0.05, 0.1) is 0 Å². The summed E-state index contributed by atoms with van der Waals surface area (Å²) in [5, 5.41) is 0. The number of hydrogen-bond donors (Lipinski definition) is 1. The van der Waals surface area contributed by atoms with Crippen molar-refractivity contribution in [1.82, 2.24) is 9.80 Å². The highest BCUT2D eigenvalue weighted by Gasteiger charge is 2.25. The predicted octanol–water partition coefficient (Wildman–Crippen LogP) is 0.378. The number of piperazine rings is 1. The van der Waals surface area contributed by atoms with Crippen molar-refractivity contribution in [2.24, 2.45) is 11.7 Å². The summed E-state index contributed by atoms with van der Waals surface area (Å²) < 4.78 is 5.43. The Morgan fingerprint density at radius 2 is 1.82 bits per heavy atom. The first-order valence-electron chi connectivity index (χ1n) is 7.04. The summed E-state index contributed by atoms with van der Waals surface area (Å²) in [6, 6.07) is 0.776. The molecular formula is C13H27N3O. The lowest BCUT2D eigenvalue weighted by Crippen LogP contribution is -2.52. The first kappa shape index (κ1) is 13.3. The Morgan fingerprint density at radius 1 is 1.18 bits per heavy atom. The molecule has 0 aliphatic carbocycles. The second-order valence-electron chi connectivity index (χ2n) is 5.52. The molecule has 17 heavy (non-hydrogen) atoms. The Balaban J connectivity index is 1.70. The molecule has 2 N–H and O–H groups in total. The average Bonchev–Trinajstić information content (AvgIpc) is 2.40. The van der Waals surface area contributed by atoms with Crippen molar-refractivity contribution in [2.75, 3.05) is 52.5 Å². The van der Waals surface area contributed by atoms with Gasteiger partial charge in [-0.05, 0) is 25.3 Å². The second kappa shape index (κ2) is 6.69. The zero-order valence-electron chi connectivity index (χ0n) is 11.1. The van der Waals surface area contributed by atoms with Crippen LogP contribution in [0.25, 0.3) is 0 Å². The van der Waals surface area contributed by atoms with Crippen molar-refractivity contribution in [3.63, 3.8) is 0 Å². The average molecular weight is 241 g/mol. The van der Waals surface area contributed by atoms with Crippen molar-refractivity contribution in [2.45, 2.75) is 25.8 Å². The van der Waals surface area contributed by atoms with Crippen LogP contribution in [0.1, 0.15) is 19.8 Å². The third-order valence-corrected chi connectivity index (χ3v) is 4.09. The molecule has 2 rings (SSSR count). The highest BCUT2D eigenvalue weighted by atomic mass is 16.5. The largest absolute Gasteiger partial charge is 0.381 e. The Labute approximate surface area is 105 Å². The molecule has 1 atom stereocenters. The molecule has 0 spiro atoms. The molecule has 4 nitrogen and oxygen atoms in total. The SMILES string of the molecule is CC(CN)CN1CCN(C2CCOCC2)CC1. The van der Waals surface area contributed by atoms with E-state index in [0.29, 0.717) is 5.92 Å². The summed E-state index contributed by atoms with van der Waals surface area (Å²) in [5.41, 5.74) is 5.68. The zero-order valence-corrected chi connectivity index (χ0v) is 11.1. The van der Waals surface area contributed by atoms with Gasteiger partial charge in [-0.3, -0.25) is 4.90 Å². The normalized spacial score (nSPS) is 27.2. The Kier molecular flexibility index (Phi) is 5.22. The minimum Gasteiger partial charge on any atom is -0.381 e. The Morgan fingerprint density at radius 3 is 2.41 bits per heavy atom. The summed E-state index contributed by atoms with van der Waals surface area (Å²) in [4.78, 5) is 5.22. The molecule has 0 aromatic heterocycles. The number of hydrogen-bond acceptors (Lipinski definition) is 4. The van der Waals surface area contributed by atoms with Gasteiger partial charge in [0.25, 0.3) is 0 Å². The second-order valence-corrected chi connectivity index (χ2v) is 5.52. The number of rotatable bonds is 4. The topological polar surface area (TPSA) is 41.7 Å². The maximum atomic E-state index is 5.68. The van der Waals surface area contributed by atoms with Crippen molar-refractivity contribution in [1.29, 1.82) is 0 Å². The van der Waals surface area contributed by atoms with E-state index in [0.717, 1.165) is 32.3 Å². The van der Waals surface area contributed by atoms with E-state index < -0.39 is 0 Å². The van der Waals surface area contributed by atoms with Gasteiger partial charge in [0, 0.05) is 52.0 Å². The Bertz CT molecular complexity index is 211. The molecule has 2 aliphatic heterocycles. The smallest absolute Gasteiger partial charge is 0.0480 e. The maximum Gasteiger partial charge on any atom is 0.0480 e. The van der Waals surface area contributed by atoms with Crippen molar-refractivity contribution >= 4 is 0 Å². The van der Waals surface area contributed by atoms with E-state index in [1.807, 2.05) is 0 Å². The van der Waals surface area contributed by atoms with Gasteiger partial charge >= 0.3 is 0 Å². The molecule has 2 saturated heterocycles. The molecular weight excluding hydrogens is 214 g/mol. The summed E-state index contributed by atoms with van der Waals surface area (Å²) in [6.45, 7) is 11.0. The zero-order chi connectivity index (χ0) is 12.1. The van der Waals surface area contributed by atoms with E-state index in [-0.39, 0.29) is 0 Å². The van der Waals surface area contributed by atoms with Crippen LogP contribution in [0.3, 0.4) is 0 Å². The minimum atomic E-state index is 0.629. The predicted molar refractivity (Wildman–Crippen MR) is 70.1 cm³/mol. The van der Waals surface area contributed by atoms with E-state index in [9.17, 15) is 0 Å². The molecule has 100 valence electrons. The van der Waals surface area contributed by atoms with E-state index in [2.05, 4.69) is 16.7 Å². The van der Waals surface area contributed by atoms with Gasteiger partial charge in [0.2, 0.25) is 0 Å². The molecule has 0 bridgehead atoms. The minimum absolute atomic E-state index is 0.629. The highest BCUT2D eigenvalue weighted by Crippen LogP contribution is 2.16. The van der Waals surface area contributed by atoms with Gasteiger partial charge < -0.3 is 15.4 Å². The first-order chi connectivity index (χ1) is 8.29. The summed E-state index contributed by atoms with van der Waals surface area (Å²) in [6.07, 6.45) is 2.44. The van der Waals surface area contributed by atoms with E-state index in [4.69, 9.17) is 10.5 Å². The standard InChI is InChI=1S/C13H27N3O/c1-12(10-14)11-15-4-6-16(7-5-15)13-2-8-17-9-3-13/h12-13H,2-11,14H2,1H3. The molecule has 0 saturated carbocycles. The van der Waals surface area contributed by atoms with Gasteiger partial charge in [0.15, 0.2) is 0 Å². The number of nitrogens with zero attached hydrogens (tertiary/aromatic N) is 2. The van der Waals surface area contributed by atoms with Crippen molar-refractivity contribution in [3.8, 4) is 0 Å². The van der Waals surface area contributed by atoms with Crippen LogP contribution in [0.5, 0.6) is 0 Å². The summed E-state index contributed by atoms with van der Waals surface area (Å²) in [5.74, 6) is 0.629. The van der Waals surface area contributed by atoms with Crippen LogP contribution in [-0.4, -0.2) is 68.3 Å². The molecule has 2 heterocycles. The van der Waals surface area contributed by atoms with E-state index in [1.165, 1.54) is 39.0 Å². The lowest BCUT2D eigenvalue weighted by Gasteiger charge is -2.41. The lowest BCUT2D eigenvalue weighted by molar-refractivity contribution is 0.0121. The lowest BCUT2D eigenvalue weighted by atomic mass is 10.1. The Hall–Kier alpha value is -0.160. The fourth-order valence-corrected chi connectivity index (χ4v) is 2.88. The molecule has 2 fully saturated rings. The molecule has 0 aromatic carbocycles. The van der Waals surface area contributed by atoms with Crippen LogP contribution in [0, 0.1) is 5.92 Å². The molecule has 1 unspecified atom stereocenters. The number of nitrogens with two attached hydrogens (primary N) is 1. The maximum absolute atomic E-state index is 5.68. The van der Waals surface area contributed by atoms with Crippen molar-refractivity contribution < 1.29 is 4.74 Å². The van der Waals surface area contributed by atoms with Gasteiger partial charge in [-0.1, -0.05) is 6.92 Å². The van der Waals surface area contributed by atoms with Crippen LogP contribution in [-0.2, 0) is 4.74 Å². The van der Waals surface area contributed by atoms with Crippen LogP contribution in [0.4, 0.5) is 0 Å². The van der Waals surface area contributed by atoms with Crippen LogP contribution in [0.15, 0.2) is 0 Å². The molecule has 2 aliphatic rings. The quantitative estimate of drug-likeness (QED) is 0.772. The third-order valence-electron chi connectivity index (χ3n) is 4.09. The fraction of sp³-hybridized carbons (Fsp3) is 1.00. The number of ether oxygens (including phenoxy) is 1. The van der Waals surface area contributed by atoms with Gasteiger partial charge in [0.1, 0.15) is 0 Å². The van der Waals surface area contributed by atoms with Crippen LogP contribution < -0.4 is 5.73 Å². The van der Waals surface area contributed by atoms with Gasteiger partial charge in [-0.15, -0.1) is 0 Å². The fourth-order valence-electron chi connectivity index (χ4n) is 2.88. The summed E-state index contributed by atoms with van der Waals surface area (Å²) in [7, 11) is 0. The molecule has 0 aromatic rings. The van der Waals surface area contributed by atoms with Gasteiger partial charge in [-0.25, -0.2) is 0 Å². The molecule has 0 radical (unpaired) electrons. The molecule has 0 amide bonds. The molecule has 4 heteroatoms. The van der Waals surface area contributed by atoms with Crippen molar-refractivity contribution in [3.05, 3.63) is 0 Å². The van der Waals surface area contributed by atoms with E-state index in [1.54, 1.807) is 0 Å². The van der Waals surface area contributed by atoms with E-state index >= 15 is 0 Å². The van der Waals surface area contributed by atoms with Crippen LogP contribution >= 0.6 is 0 Å². The van der Waals surface area contributed by atoms with Gasteiger partial charge in [-0.2, -0.15) is 0 Å². The first-order valence-corrected chi connectivity index (χ1v) is 7.04.